The third-order valence-electron chi connectivity index (χ3n) is 2.27. The van der Waals surface area contributed by atoms with Crippen LogP contribution in [0.2, 0.25) is 0 Å². The van der Waals surface area contributed by atoms with Gasteiger partial charge < -0.3 is 10.5 Å². The van der Waals surface area contributed by atoms with Gasteiger partial charge in [-0.2, -0.15) is 5.26 Å². The highest BCUT2D eigenvalue weighted by Gasteiger charge is 2.15. The summed E-state index contributed by atoms with van der Waals surface area (Å²) in [5, 5.41) is 8.78. The summed E-state index contributed by atoms with van der Waals surface area (Å²) in [6.45, 7) is 0.388. The zero-order chi connectivity index (χ0) is 12.9. The van der Waals surface area contributed by atoms with E-state index in [1.54, 1.807) is 0 Å². The Bertz CT molecular complexity index is 532. The minimum atomic E-state index is -3.37. The number of nitriles is 1. The molecule has 5 nitrogen and oxygen atoms in total. The summed E-state index contributed by atoms with van der Waals surface area (Å²) in [6.07, 6.45) is 0.422. The predicted octanol–water partition coefficient (Wildman–Crippen LogP) is 0.951. The van der Waals surface area contributed by atoms with Gasteiger partial charge in [0.15, 0.2) is 9.84 Å². The largest absolute Gasteiger partial charge is 0.398 e. The number of nitrogens with zero attached hydrogens (tertiary/aromatic N) is 1. The lowest BCUT2D eigenvalue weighted by molar-refractivity contribution is 0.199. The maximum Gasteiger partial charge on any atom is 0.178 e. The quantitative estimate of drug-likeness (QED) is 0.623. The first-order valence-corrected chi connectivity index (χ1v) is 6.68. The molecule has 0 aromatic heterocycles. The van der Waals surface area contributed by atoms with Crippen LogP contribution in [0, 0.1) is 11.3 Å². The third kappa shape index (κ3) is 3.44. The lowest BCUT2D eigenvalue weighted by atomic mass is 10.2. The smallest absolute Gasteiger partial charge is 0.178 e. The van der Waals surface area contributed by atoms with E-state index >= 15 is 0 Å². The van der Waals surface area contributed by atoms with E-state index in [9.17, 15) is 8.42 Å². The first kappa shape index (κ1) is 13.5. The van der Waals surface area contributed by atoms with Crippen LogP contribution in [0.15, 0.2) is 23.1 Å². The highest BCUT2D eigenvalue weighted by molar-refractivity contribution is 7.91. The van der Waals surface area contributed by atoms with Crippen LogP contribution in [0.4, 0.5) is 5.69 Å². The fourth-order valence-corrected chi connectivity index (χ4v) is 2.64. The molecule has 0 saturated heterocycles. The Labute approximate surface area is 101 Å². The fourth-order valence-electron chi connectivity index (χ4n) is 1.34. The minimum absolute atomic E-state index is 0.00434. The molecule has 2 N–H and O–H groups in total. The normalized spacial score (nSPS) is 11.1. The zero-order valence-corrected chi connectivity index (χ0v) is 10.3. The van der Waals surface area contributed by atoms with E-state index in [2.05, 4.69) is 0 Å². The Kier molecular flexibility index (Phi) is 4.49. The summed E-state index contributed by atoms with van der Waals surface area (Å²) in [5.74, 6) is -0.00434. The van der Waals surface area contributed by atoms with E-state index in [-0.39, 0.29) is 21.9 Å². The van der Waals surface area contributed by atoms with Crippen molar-refractivity contribution < 1.29 is 13.2 Å². The van der Waals surface area contributed by atoms with Gasteiger partial charge in [0, 0.05) is 19.4 Å². The van der Waals surface area contributed by atoms with E-state index in [1.807, 2.05) is 6.07 Å². The number of ether oxygens (including phenoxy) is 1. The van der Waals surface area contributed by atoms with Crippen LogP contribution < -0.4 is 5.73 Å². The number of anilines is 1. The number of hydrogen-bond donors (Lipinski definition) is 1. The highest BCUT2D eigenvalue weighted by Crippen LogP contribution is 2.18. The predicted molar refractivity (Wildman–Crippen MR) is 64.1 cm³/mol. The Balaban J connectivity index is 2.96. The monoisotopic (exact) mass is 254 g/mol. The van der Waals surface area contributed by atoms with Crippen molar-refractivity contribution in [2.24, 2.45) is 0 Å². The molecule has 0 fully saturated rings. The number of methoxy groups -OCH3 is 1. The van der Waals surface area contributed by atoms with E-state index in [1.165, 1.54) is 25.3 Å². The maximum absolute atomic E-state index is 11.9. The van der Waals surface area contributed by atoms with E-state index in [0.29, 0.717) is 13.0 Å². The number of nitrogens with two attached hydrogens (primary N) is 1. The molecule has 0 spiro atoms. The van der Waals surface area contributed by atoms with Crippen LogP contribution in [0.3, 0.4) is 0 Å². The lowest BCUT2D eigenvalue weighted by Crippen LogP contribution is -2.09. The molecular weight excluding hydrogens is 240 g/mol. The molecular formula is C11H14N2O3S. The van der Waals surface area contributed by atoms with E-state index in [4.69, 9.17) is 15.7 Å². The summed E-state index contributed by atoms with van der Waals surface area (Å²) in [4.78, 5) is 0.124. The second-order valence-corrected chi connectivity index (χ2v) is 5.64. The van der Waals surface area contributed by atoms with Crippen LogP contribution in [0.5, 0.6) is 0 Å². The summed E-state index contributed by atoms with van der Waals surface area (Å²) in [7, 11) is -1.85. The molecule has 0 atom stereocenters. The van der Waals surface area contributed by atoms with Crippen molar-refractivity contribution in [3.05, 3.63) is 23.8 Å². The first-order chi connectivity index (χ1) is 8.01. The van der Waals surface area contributed by atoms with Crippen molar-refractivity contribution >= 4 is 15.5 Å². The van der Waals surface area contributed by atoms with Gasteiger partial charge in [0.05, 0.1) is 16.2 Å². The van der Waals surface area contributed by atoms with E-state index in [0.717, 1.165) is 0 Å². The van der Waals surface area contributed by atoms with Crippen molar-refractivity contribution in [3.63, 3.8) is 0 Å². The van der Waals surface area contributed by atoms with Crippen LogP contribution in [0.1, 0.15) is 12.0 Å². The summed E-state index contributed by atoms with van der Waals surface area (Å²) >= 11 is 0. The molecule has 0 aliphatic rings. The Morgan fingerprint density at radius 1 is 1.47 bits per heavy atom. The molecule has 1 aromatic carbocycles. The van der Waals surface area contributed by atoms with Crippen molar-refractivity contribution in [1.29, 1.82) is 5.26 Å². The van der Waals surface area contributed by atoms with Crippen molar-refractivity contribution in [2.45, 2.75) is 11.3 Å². The number of hydrogen-bond acceptors (Lipinski definition) is 5. The SMILES string of the molecule is COCCCS(=O)(=O)c1ccc(N)c(C#N)c1. The van der Waals surface area contributed by atoms with E-state index < -0.39 is 9.84 Å². The van der Waals surface area contributed by atoms with Crippen LogP contribution in [-0.4, -0.2) is 27.9 Å². The first-order valence-electron chi connectivity index (χ1n) is 5.02. The fraction of sp³-hybridized carbons (Fsp3) is 0.364. The lowest BCUT2D eigenvalue weighted by Gasteiger charge is -2.05. The minimum Gasteiger partial charge on any atom is -0.398 e. The zero-order valence-electron chi connectivity index (χ0n) is 9.51. The molecule has 92 valence electrons. The van der Waals surface area contributed by atoms with Gasteiger partial charge in [-0.05, 0) is 24.6 Å². The molecule has 1 aromatic rings. The van der Waals surface area contributed by atoms with Crippen LogP contribution in [-0.2, 0) is 14.6 Å². The average Bonchev–Trinajstić information content (AvgIpc) is 2.29. The average molecular weight is 254 g/mol. The summed E-state index contributed by atoms with van der Waals surface area (Å²) < 4.78 is 28.6. The number of rotatable bonds is 5. The number of sulfone groups is 1. The standard InChI is InChI=1S/C11H14N2O3S/c1-16-5-2-6-17(14,15)10-3-4-11(13)9(7-10)8-12/h3-4,7H,2,5-6,13H2,1H3. The molecule has 0 unspecified atom stereocenters. The van der Waals surface area contributed by atoms with Crippen molar-refractivity contribution in [1.82, 2.24) is 0 Å². The van der Waals surface area contributed by atoms with Gasteiger partial charge in [-0.15, -0.1) is 0 Å². The van der Waals surface area contributed by atoms with Crippen LogP contribution >= 0.6 is 0 Å². The summed E-state index contributed by atoms with van der Waals surface area (Å²) in [5.41, 5.74) is 5.99. The Morgan fingerprint density at radius 2 is 2.18 bits per heavy atom. The molecule has 0 heterocycles. The molecule has 0 aliphatic heterocycles. The molecule has 6 heteroatoms. The maximum atomic E-state index is 11.9. The second kappa shape index (κ2) is 5.66. The molecule has 0 bridgehead atoms. The van der Waals surface area contributed by atoms with Gasteiger partial charge in [-0.1, -0.05) is 0 Å². The second-order valence-electron chi connectivity index (χ2n) is 3.53. The highest BCUT2D eigenvalue weighted by atomic mass is 32.2. The van der Waals surface area contributed by atoms with Crippen molar-refractivity contribution in [3.8, 4) is 6.07 Å². The molecule has 0 radical (unpaired) electrons. The third-order valence-corrected chi connectivity index (χ3v) is 4.06. The molecule has 17 heavy (non-hydrogen) atoms. The Hall–Kier alpha value is -1.58. The van der Waals surface area contributed by atoms with Gasteiger partial charge in [-0.25, -0.2) is 8.42 Å². The summed E-state index contributed by atoms with van der Waals surface area (Å²) in [6, 6.07) is 6.01. The molecule has 0 saturated carbocycles. The van der Waals surface area contributed by atoms with Gasteiger partial charge in [0.1, 0.15) is 6.07 Å². The topological polar surface area (TPSA) is 93.2 Å². The van der Waals surface area contributed by atoms with Gasteiger partial charge >= 0.3 is 0 Å². The van der Waals surface area contributed by atoms with Gasteiger partial charge in [0.2, 0.25) is 0 Å². The van der Waals surface area contributed by atoms with Crippen molar-refractivity contribution in [2.75, 3.05) is 25.2 Å². The molecule has 0 amide bonds. The Morgan fingerprint density at radius 3 is 2.76 bits per heavy atom. The number of benzene rings is 1. The van der Waals surface area contributed by atoms with Gasteiger partial charge in [-0.3, -0.25) is 0 Å². The molecule has 0 aliphatic carbocycles. The molecule has 1 rings (SSSR count). The number of nitrogen functional groups attached to an aromatic ring is 1. The van der Waals surface area contributed by atoms with Crippen LogP contribution in [0.25, 0.3) is 0 Å². The van der Waals surface area contributed by atoms with Gasteiger partial charge in [0.25, 0.3) is 0 Å².